The standard InChI is InChI=1S/C33H42N2O7S2/c1-6-34-28-18-16-24(43(37,38)39)22-26(28)32(2,3)30(34)14-10-9-11-15-31-33(4,5)27-23-25(44(40,41)42)17-19-29(27)35(31)20-12-7-8-13-21-36/h9-11,14-19,21-23,30H,6-8,12-13,20H2,1-5H3,(H,37,38,39)(H,40,41,42)/b11-9+,14-10+,31-15+. The molecule has 1 atom stereocenters. The Morgan fingerprint density at radius 1 is 0.818 bits per heavy atom. The average molecular weight is 643 g/mol. The zero-order chi connectivity index (χ0) is 32.5. The number of allylic oxidation sites excluding steroid dienone is 5. The molecular formula is C33H42N2O7S2. The monoisotopic (exact) mass is 642 g/mol. The summed E-state index contributed by atoms with van der Waals surface area (Å²) < 4.78 is 66.6. The van der Waals surface area contributed by atoms with Gasteiger partial charge in [-0.15, -0.1) is 0 Å². The third-order valence-electron chi connectivity index (χ3n) is 8.82. The number of rotatable bonds is 12. The topological polar surface area (TPSA) is 132 Å². The van der Waals surface area contributed by atoms with Crippen molar-refractivity contribution >= 4 is 37.9 Å². The van der Waals surface area contributed by atoms with Gasteiger partial charge in [-0.1, -0.05) is 58.4 Å². The molecule has 11 heteroatoms. The van der Waals surface area contributed by atoms with Gasteiger partial charge in [0.15, 0.2) is 0 Å². The van der Waals surface area contributed by atoms with Crippen molar-refractivity contribution in [2.75, 3.05) is 22.9 Å². The third kappa shape index (κ3) is 6.56. The van der Waals surface area contributed by atoms with Crippen LogP contribution in [0.1, 0.15) is 71.4 Å². The molecule has 0 saturated heterocycles. The molecule has 0 fully saturated rings. The second-order valence-corrected chi connectivity index (χ2v) is 15.2. The fraction of sp³-hybridized carbons (Fsp3) is 0.424. The molecule has 44 heavy (non-hydrogen) atoms. The van der Waals surface area contributed by atoms with Gasteiger partial charge in [-0.05, 0) is 73.4 Å². The fourth-order valence-corrected chi connectivity index (χ4v) is 7.48. The lowest BCUT2D eigenvalue weighted by Crippen LogP contribution is -2.39. The van der Waals surface area contributed by atoms with Crippen LogP contribution >= 0.6 is 0 Å². The van der Waals surface area contributed by atoms with E-state index in [1.54, 1.807) is 24.3 Å². The van der Waals surface area contributed by atoms with Crippen LogP contribution in [-0.4, -0.2) is 51.4 Å². The molecule has 0 aliphatic carbocycles. The maximum absolute atomic E-state index is 11.9. The minimum atomic E-state index is -4.36. The number of carbonyl (C=O) groups is 1. The van der Waals surface area contributed by atoms with Crippen LogP contribution in [0.5, 0.6) is 0 Å². The quantitative estimate of drug-likeness (QED) is 0.120. The van der Waals surface area contributed by atoms with Gasteiger partial charge in [0.05, 0.1) is 15.8 Å². The van der Waals surface area contributed by atoms with Crippen molar-refractivity contribution in [3.8, 4) is 0 Å². The molecule has 2 aliphatic heterocycles. The van der Waals surface area contributed by atoms with Gasteiger partial charge in [0.2, 0.25) is 0 Å². The lowest BCUT2D eigenvalue weighted by Gasteiger charge is -2.31. The Labute approximate surface area is 261 Å². The minimum Gasteiger partial charge on any atom is -0.364 e. The van der Waals surface area contributed by atoms with Gasteiger partial charge in [0.25, 0.3) is 20.2 Å². The van der Waals surface area contributed by atoms with Crippen LogP contribution in [0.3, 0.4) is 0 Å². The van der Waals surface area contributed by atoms with Crippen LogP contribution in [0.25, 0.3) is 0 Å². The summed E-state index contributed by atoms with van der Waals surface area (Å²) in [7, 11) is -8.67. The van der Waals surface area contributed by atoms with Gasteiger partial charge in [0, 0.05) is 47.4 Å². The van der Waals surface area contributed by atoms with E-state index in [1.807, 2.05) is 45.1 Å². The van der Waals surface area contributed by atoms with Crippen LogP contribution in [0.4, 0.5) is 11.4 Å². The lowest BCUT2D eigenvalue weighted by molar-refractivity contribution is -0.107. The van der Waals surface area contributed by atoms with Crippen LogP contribution in [0.15, 0.2) is 82.3 Å². The molecule has 4 rings (SSSR count). The number of unbranched alkanes of at least 4 members (excludes halogenated alkanes) is 3. The molecule has 2 aromatic rings. The molecule has 0 amide bonds. The number of anilines is 2. The third-order valence-corrected chi connectivity index (χ3v) is 10.5. The lowest BCUT2D eigenvalue weighted by atomic mass is 9.80. The van der Waals surface area contributed by atoms with Gasteiger partial charge in [0.1, 0.15) is 6.29 Å². The molecule has 2 heterocycles. The summed E-state index contributed by atoms with van der Waals surface area (Å²) in [4.78, 5) is 14.9. The largest absolute Gasteiger partial charge is 0.364 e. The molecule has 238 valence electrons. The summed E-state index contributed by atoms with van der Waals surface area (Å²) in [6, 6.07) is 9.39. The van der Waals surface area contributed by atoms with E-state index < -0.39 is 31.1 Å². The van der Waals surface area contributed by atoms with Gasteiger partial charge >= 0.3 is 0 Å². The Bertz CT molecular complexity index is 1720. The molecule has 0 saturated carbocycles. The smallest absolute Gasteiger partial charge is 0.294 e. The van der Waals surface area contributed by atoms with Crippen molar-refractivity contribution in [1.29, 1.82) is 0 Å². The number of benzene rings is 2. The van der Waals surface area contributed by atoms with E-state index in [4.69, 9.17) is 0 Å². The van der Waals surface area contributed by atoms with E-state index in [2.05, 4.69) is 29.7 Å². The number of carbonyl (C=O) groups excluding carboxylic acids is 1. The summed E-state index contributed by atoms with van der Waals surface area (Å²) in [5.74, 6) is 0. The Morgan fingerprint density at radius 2 is 1.43 bits per heavy atom. The number of hydrogen-bond acceptors (Lipinski definition) is 7. The molecule has 0 aromatic heterocycles. The van der Waals surface area contributed by atoms with Crippen LogP contribution in [0, 0.1) is 0 Å². The van der Waals surface area contributed by atoms with E-state index >= 15 is 0 Å². The van der Waals surface area contributed by atoms with Crippen molar-refractivity contribution in [1.82, 2.24) is 0 Å². The molecule has 0 spiro atoms. The van der Waals surface area contributed by atoms with Crippen LogP contribution in [-0.2, 0) is 35.9 Å². The maximum atomic E-state index is 11.9. The van der Waals surface area contributed by atoms with Crippen molar-refractivity contribution in [2.24, 2.45) is 0 Å². The zero-order valence-electron chi connectivity index (χ0n) is 25.9. The van der Waals surface area contributed by atoms with Crippen molar-refractivity contribution in [3.05, 3.63) is 83.6 Å². The highest BCUT2D eigenvalue weighted by molar-refractivity contribution is 7.86. The fourth-order valence-electron chi connectivity index (χ4n) is 6.46. The maximum Gasteiger partial charge on any atom is 0.294 e. The highest BCUT2D eigenvalue weighted by Crippen LogP contribution is 2.49. The average Bonchev–Trinajstić information content (AvgIpc) is 3.29. The molecule has 9 nitrogen and oxygen atoms in total. The summed E-state index contributed by atoms with van der Waals surface area (Å²) in [6.07, 6.45) is 14.0. The molecular weight excluding hydrogens is 601 g/mol. The van der Waals surface area contributed by atoms with Crippen LogP contribution < -0.4 is 9.80 Å². The van der Waals surface area contributed by atoms with Gasteiger partial charge in [-0.3, -0.25) is 9.11 Å². The van der Waals surface area contributed by atoms with E-state index in [9.17, 15) is 30.7 Å². The van der Waals surface area contributed by atoms with Crippen molar-refractivity contribution < 1.29 is 30.7 Å². The Morgan fingerprint density at radius 3 is 2.02 bits per heavy atom. The van der Waals surface area contributed by atoms with E-state index in [0.717, 1.165) is 53.7 Å². The van der Waals surface area contributed by atoms with Gasteiger partial charge in [-0.2, -0.15) is 16.8 Å². The molecule has 0 bridgehead atoms. The molecule has 2 aromatic carbocycles. The number of aldehydes is 1. The predicted molar refractivity (Wildman–Crippen MR) is 174 cm³/mol. The molecule has 0 radical (unpaired) electrons. The van der Waals surface area contributed by atoms with E-state index in [1.165, 1.54) is 12.1 Å². The highest BCUT2D eigenvalue weighted by Gasteiger charge is 2.43. The normalized spacial score (nSPS) is 20.2. The number of hydrogen-bond donors (Lipinski definition) is 2. The van der Waals surface area contributed by atoms with Crippen LogP contribution in [0.2, 0.25) is 0 Å². The van der Waals surface area contributed by atoms with Crippen molar-refractivity contribution in [2.45, 2.75) is 87.0 Å². The first kappa shape index (κ1) is 33.6. The molecule has 2 aliphatic rings. The van der Waals surface area contributed by atoms with Crippen molar-refractivity contribution in [3.63, 3.8) is 0 Å². The second-order valence-electron chi connectivity index (χ2n) is 12.4. The summed E-state index contributed by atoms with van der Waals surface area (Å²) >= 11 is 0. The summed E-state index contributed by atoms with van der Waals surface area (Å²) in [5.41, 5.74) is 3.52. The summed E-state index contributed by atoms with van der Waals surface area (Å²) in [6.45, 7) is 11.6. The number of likely N-dealkylation sites (N-methyl/N-ethyl adjacent to an activating group) is 1. The Kier molecular flexibility index (Phi) is 9.65. The first-order chi connectivity index (χ1) is 20.5. The van der Waals surface area contributed by atoms with E-state index in [-0.39, 0.29) is 15.8 Å². The zero-order valence-corrected chi connectivity index (χ0v) is 27.5. The number of fused-ring (bicyclic) bond motifs is 2. The molecule has 2 N–H and O–H groups in total. The Balaban J connectivity index is 1.62. The van der Waals surface area contributed by atoms with Gasteiger partial charge in [-0.25, -0.2) is 0 Å². The Hall–Kier alpha value is -3.25. The highest BCUT2D eigenvalue weighted by atomic mass is 32.2. The SMILES string of the molecule is CCN1c2ccc(S(=O)(=O)O)cc2C(C)(C)C1/C=C/C=C/C=C1/N(CCCCCC=O)c2ccc(S(=O)(=O)O)cc2C1(C)C. The molecule has 1 unspecified atom stereocenters. The first-order valence-electron chi connectivity index (χ1n) is 14.8. The summed E-state index contributed by atoms with van der Waals surface area (Å²) in [5, 5.41) is 0. The first-order valence-corrected chi connectivity index (χ1v) is 17.7. The minimum absolute atomic E-state index is 0.0506. The van der Waals surface area contributed by atoms with Gasteiger partial charge < -0.3 is 14.6 Å². The second kappa shape index (κ2) is 12.6. The van der Waals surface area contributed by atoms with E-state index in [0.29, 0.717) is 19.5 Å². The predicted octanol–water partition coefficient (Wildman–Crippen LogP) is 6.22. The number of nitrogens with zero attached hydrogens (tertiary/aromatic N) is 2.